The topological polar surface area (TPSA) is 86.8 Å². The predicted octanol–water partition coefficient (Wildman–Crippen LogP) is 7.10. The minimum absolute atomic E-state index is 0.118. The first kappa shape index (κ1) is 35.2. The minimum atomic E-state index is -4.89. The van der Waals surface area contributed by atoms with Crippen molar-refractivity contribution < 1.29 is 31.2 Å². The van der Waals surface area contributed by atoms with Crippen LogP contribution in [-0.2, 0) is 32.3 Å². The van der Waals surface area contributed by atoms with Crippen molar-refractivity contribution in [2.24, 2.45) is 5.92 Å². The van der Waals surface area contributed by atoms with Crippen molar-refractivity contribution >= 4 is 50.7 Å². The average molecular weight is 673 g/mol. The van der Waals surface area contributed by atoms with Crippen molar-refractivity contribution in [2.75, 3.05) is 17.4 Å². The summed E-state index contributed by atoms with van der Waals surface area (Å²) in [5.74, 6) is -1.16. The lowest BCUT2D eigenvalue weighted by molar-refractivity contribution is -0.140. The molecule has 2 amide bonds. The second kappa shape index (κ2) is 14.7. The van der Waals surface area contributed by atoms with E-state index in [-0.39, 0.29) is 23.8 Å². The molecular formula is C31H34Cl2F3N3O4S. The first-order valence-electron chi connectivity index (χ1n) is 13.8. The molecule has 0 radical (unpaired) electrons. The zero-order valence-electron chi connectivity index (χ0n) is 24.7. The van der Waals surface area contributed by atoms with Gasteiger partial charge < -0.3 is 10.2 Å². The molecular weight excluding hydrogens is 638 g/mol. The number of halogens is 5. The van der Waals surface area contributed by atoms with Crippen LogP contribution < -0.4 is 9.62 Å². The third-order valence-electron chi connectivity index (χ3n) is 6.80. The van der Waals surface area contributed by atoms with E-state index in [0.29, 0.717) is 27.5 Å². The Bertz CT molecular complexity index is 1580. The van der Waals surface area contributed by atoms with Gasteiger partial charge in [0, 0.05) is 18.1 Å². The van der Waals surface area contributed by atoms with Crippen molar-refractivity contribution in [1.29, 1.82) is 0 Å². The first-order chi connectivity index (χ1) is 20.6. The standard InChI is InChI=1S/C31H34Cl2F3N3O4S/c1-5-28(30(41)37-17-20(2)3)38(18-22-8-6-7-9-26(22)32)29(40)19-39(44(42,43)24-13-10-21(4)11-14-24)23-12-15-27(33)25(16-23)31(34,35)36/h6-16,20,28H,5,17-19H2,1-4H3,(H,37,41)/t28-/m0/s1. The summed E-state index contributed by atoms with van der Waals surface area (Å²) in [4.78, 5) is 28.4. The van der Waals surface area contributed by atoms with Crippen molar-refractivity contribution in [2.45, 2.75) is 57.8 Å². The number of nitrogens with zero attached hydrogens (tertiary/aromatic N) is 2. The zero-order valence-corrected chi connectivity index (χ0v) is 27.0. The fraction of sp³-hybridized carbons (Fsp3) is 0.355. The van der Waals surface area contributed by atoms with Gasteiger partial charge in [-0.3, -0.25) is 13.9 Å². The average Bonchev–Trinajstić information content (AvgIpc) is 2.95. The number of rotatable bonds is 12. The third-order valence-corrected chi connectivity index (χ3v) is 9.29. The number of carbonyl (C=O) groups excluding carboxylic acids is 2. The number of anilines is 1. The fourth-order valence-electron chi connectivity index (χ4n) is 4.40. The van der Waals surface area contributed by atoms with Crippen molar-refractivity contribution in [1.82, 2.24) is 10.2 Å². The normalized spacial score (nSPS) is 12.6. The van der Waals surface area contributed by atoms with Gasteiger partial charge in [-0.1, -0.05) is 79.9 Å². The van der Waals surface area contributed by atoms with E-state index in [4.69, 9.17) is 23.2 Å². The molecule has 13 heteroatoms. The lowest BCUT2D eigenvalue weighted by atomic mass is 10.1. The Balaban J connectivity index is 2.15. The molecule has 0 saturated carbocycles. The molecule has 3 aromatic rings. The quantitative estimate of drug-likeness (QED) is 0.223. The van der Waals surface area contributed by atoms with Gasteiger partial charge in [0.15, 0.2) is 0 Å². The van der Waals surface area contributed by atoms with Gasteiger partial charge >= 0.3 is 6.18 Å². The maximum absolute atomic E-state index is 14.1. The molecule has 0 aliphatic heterocycles. The van der Waals surface area contributed by atoms with Gasteiger partial charge in [-0.25, -0.2) is 8.42 Å². The number of nitrogens with one attached hydrogen (secondary N) is 1. The van der Waals surface area contributed by atoms with Gasteiger partial charge in [0.05, 0.1) is 21.2 Å². The summed E-state index contributed by atoms with van der Waals surface area (Å²) in [5.41, 5.74) is -0.441. The summed E-state index contributed by atoms with van der Waals surface area (Å²) in [5, 5.41) is 2.50. The summed E-state index contributed by atoms with van der Waals surface area (Å²) >= 11 is 12.2. The van der Waals surface area contributed by atoms with Crippen LogP contribution in [0.5, 0.6) is 0 Å². The molecule has 238 valence electrons. The van der Waals surface area contributed by atoms with E-state index in [1.165, 1.54) is 29.2 Å². The van der Waals surface area contributed by atoms with E-state index in [0.717, 1.165) is 17.7 Å². The largest absolute Gasteiger partial charge is 0.417 e. The summed E-state index contributed by atoms with van der Waals surface area (Å²) < 4.78 is 69.9. The highest BCUT2D eigenvalue weighted by atomic mass is 35.5. The molecule has 7 nitrogen and oxygen atoms in total. The van der Waals surface area contributed by atoms with Crippen LogP contribution in [0, 0.1) is 12.8 Å². The summed E-state index contributed by atoms with van der Waals surface area (Å²) in [6.45, 7) is 6.53. The van der Waals surface area contributed by atoms with Crippen molar-refractivity contribution in [3.63, 3.8) is 0 Å². The molecule has 1 N–H and O–H groups in total. The Morgan fingerprint density at radius 2 is 1.59 bits per heavy atom. The van der Waals surface area contributed by atoms with Crippen LogP contribution in [0.4, 0.5) is 18.9 Å². The molecule has 0 aliphatic rings. The lowest BCUT2D eigenvalue weighted by Gasteiger charge is -2.33. The molecule has 0 saturated heterocycles. The van der Waals surface area contributed by atoms with E-state index in [1.807, 2.05) is 13.8 Å². The van der Waals surface area contributed by atoms with Gasteiger partial charge in [0.1, 0.15) is 12.6 Å². The van der Waals surface area contributed by atoms with E-state index in [2.05, 4.69) is 5.32 Å². The smallest absolute Gasteiger partial charge is 0.354 e. The Hall–Kier alpha value is -3.28. The van der Waals surface area contributed by atoms with Gasteiger partial charge in [-0.05, 0) is 61.2 Å². The molecule has 3 rings (SSSR count). The molecule has 0 heterocycles. The molecule has 3 aromatic carbocycles. The van der Waals surface area contributed by atoms with Gasteiger partial charge in [-0.2, -0.15) is 13.2 Å². The van der Waals surface area contributed by atoms with E-state index >= 15 is 0 Å². The maximum Gasteiger partial charge on any atom is 0.417 e. The zero-order chi connectivity index (χ0) is 32.8. The van der Waals surface area contributed by atoms with Crippen LogP contribution in [0.1, 0.15) is 43.9 Å². The second-order valence-electron chi connectivity index (χ2n) is 10.7. The van der Waals surface area contributed by atoms with Crippen molar-refractivity contribution in [3.05, 3.63) is 93.5 Å². The monoisotopic (exact) mass is 671 g/mol. The van der Waals surface area contributed by atoms with Gasteiger partial charge in [0.2, 0.25) is 11.8 Å². The number of hydrogen-bond acceptors (Lipinski definition) is 4. The Morgan fingerprint density at radius 1 is 0.955 bits per heavy atom. The number of hydrogen-bond donors (Lipinski definition) is 1. The molecule has 0 fully saturated rings. The predicted molar refractivity (Wildman–Crippen MR) is 166 cm³/mol. The Kier molecular flexibility index (Phi) is 11.7. The fourth-order valence-corrected chi connectivity index (χ4v) is 6.23. The first-order valence-corrected chi connectivity index (χ1v) is 16.0. The minimum Gasteiger partial charge on any atom is -0.354 e. The van der Waals surface area contributed by atoms with Crippen LogP contribution in [0.25, 0.3) is 0 Å². The highest BCUT2D eigenvalue weighted by molar-refractivity contribution is 7.92. The molecule has 0 bridgehead atoms. The van der Waals surface area contributed by atoms with Crippen LogP contribution in [0.3, 0.4) is 0 Å². The number of sulfonamides is 1. The van der Waals surface area contributed by atoms with Crippen LogP contribution in [-0.4, -0.2) is 44.3 Å². The Morgan fingerprint density at radius 3 is 2.16 bits per heavy atom. The molecule has 1 atom stereocenters. The van der Waals surface area contributed by atoms with Crippen LogP contribution in [0.2, 0.25) is 10.0 Å². The van der Waals surface area contributed by atoms with E-state index < -0.39 is 56.9 Å². The molecule has 0 aromatic heterocycles. The number of alkyl halides is 3. The van der Waals surface area contributed by atoms with Crippen LogP contribution >= 0.6 is 23.2 Å². The van der Waals surface area contributed by atoms with E-state index in [9.17, 15) is 31.2 Å². The summed E-state index contributed by atoms with van der Waals surface area (Å²) in [7, 11) is -4.58. The molecule has 0 spiro atoms. The number of benzene rings is 3. The van der Waals surface area contributed by atoms with E-state index in [1.54, 1.807) is 38.1 Å². The van der Waals surface area contributed by atoms with Gasteiger partial charge in [0.25, 0.3) is 10.0 Å². The molecule has 0 aliphatic carbocycles. The molecule has 44 heavy (non-hydrogen) atoms. The highest BCUT2D eigenvalue weighted by Crippen LogP contribution is 2.38. The second-order valence-corrected chi connectivity index (χ2v) is 13.3. The number of carbonyl (C=O) groups is 2. The third kappa shape index (κ3) is 8.67. The van der Waals surface area contributed by atoms with Gasteiger partial charge in [-0.15, -0.1) is 0 Å². The van der Waals surface area contributed by atoms with Crippen molar-refractivity contribution in [3.8, 4) is 0 Å². The highest BCUT2D eigenvalue weighted by Gasteiger charge is 2.37. The molecule has 0 unspecified atom stereocenters. The number of aryl methyl sites for hydroxylation is 1. The SMILES string of the molecule is CC[C@@H](C(=O)NCC(C)C)N(Cc1ccccc1Cl)C(=O)CN(c1ccc(Cl)c(C(F)(F)F)c1)S(=O)(=O)c1ccc(C)cc1. The summed E-state index contributed by atoms with van der Waals surface area (Å²) in [6, 6.07) is 13.9. The summed E-state index contributed by atoms with van der Waals surface area (Å²) in [6.07, 6.45) is -4.72. The maximum atomic E-state index is 14.1. The Labute approximate surface area is 266 Å². The lowest BCUT2D eigenvalue weighted by Crippen LogP contribution is -2.52. The number of amides is 2. The van der Waals surface area contributed by atoms with Crippen LogP contribution in [0.15, 0.2) is 71.6 Å².